The van der Waals surface area contributed by atoms with Crippen molar-refractivity contribution < 1.29 is 18.3 Å². The van der Waals surface area contributed by atoms with Crippen molar-refractivity contribution in [2.45, 2.75) is 25.1 Å². The summed E-state index contributed by atoms with van der Waals surface area (Å²) in [5, 5.41) is 9.42. The van der Waals surface area contributed by atoms with Crippen LogP contribution in [0.5, 0.6) is 0 Å². The summed E-state index contributed by atoms with van der Waals surface area (Å²) in [5.41, 5.74) is 0.213. The molecule has 1 aliphatic heterocycles. The second-order valence-corrected chi connectivity index (χ2v) is 5.13. The van der Waals surface area contributed by atoms with Gasteiger partial charge >= 0.3 is 6.18 Å². The molecular weight excluding hydrogens is 255 g/mol. The van der Waals surface area contributed by atoms with Crippen LogP contribution in [0.1, 0.15) is 30.0 Å². The van der Waals surface area contributed by atoms with Crippen molar-refractivity contribution >= 4 is 0 Å². The van der Waals surface area contributed by atoms with Gasteiger partial charge in [-0.3, -0.25) is 4.90 Å². The Hall–Kier alpha value is -1.07. The van der Waals surface area contributed by atoms with Crippen molar-refractivity contribution in [2.75, 3.05) is 20.2 Å². The number of aliphatic hydroxyl groups is 1. The third kappa shape index (κ3) is 3.09. The monoisotopic (exact) mass is 273 g/mol. The average Bonchev–Trinajstić information content (AvgIpc) is 2.37. The lowest BCUT2D eigenvalue weighted by molar-refractivity contribution is -0.137. The number of nitrogens with zero attached hydrogens (tertiary/aromatic N) is 1. The van der Waals surface area contributed by atoms with E-state index in [4.69, 9.17) is 0 Å². The maximum atomic E-state index is 12.5. The smallest absolute Gasteiger partial charge is 0.396 e. The predicted octanol–water partition coefficient (Wildman–Crippen LogP) is 3.08. The van der Waals surface area contributed by atoms with Gasteiger partial charge in [-0.15, -0.1) is 0 Å². The number of aliphatic hydroxyl groups excluding tert-OH is 1. The topological polar surface area (TPSA) is 23.5 Å². The summed E-state index contributed by atoms with van der Waals surface area (Å²) in [6.45, 7) is 0.970. The highest BCUT2D eigenvalue weighted by Crippen LogP contribution is 2.36. The summed E-state index contributed by atoms with van der Waals surface area (Å²) in [6, 6.07) is 5.29. The maximum absolute atomic E-state index is 12.5. The summed E-state index contributed by atoms with van der Waals surface area (Å²) in [6.07, 6.45) is -2.38. The van der Waals surface area contributed by atoms with Crippen molar-refractivity contribution in [3.63, 3.8) is 0 Å². The van der Waals surface area contributed by atoms with Gasteiger partial charge < -0.3 is 5.11 Å². The van der Waals surface area contributed by atoms with Crippen LogP contribution in [0, 0.1) is 5.92 Å². The molecule has 0 amide bonds. The van der Waals surface area contributed by atoms with E-state index in [9.17, 15) is 18.3 Å². The van der Waals surface area contributed by atoms with E-state index in [0.717, 1.165) is 37.1 Å². The molecule has 1 fully saturated rings. The number of hydrogen-bond acceptors (Lipinski definition) is 2. The first-order valence-electron chi connectivity index (χ1n) is 6.41. The lowest BCUT2D eigenvalue weighted by Gasteiger charge is -2.38. The minimum Gasteiger partial charge on any atom is -0.396 e. The molecule has 2 nitrogen and oxygen atoms in total. The third-order valence-corrected chi connectivity index (χ3v) is 3.82. The highest BCUT2D eigenvalue weighted by Gasteiger charge is 2.32. The summed E-state index contributed by atoms with van der Waals surface area (Å²) >= 11 is 0. The molecule has 5 heteroatoms. The largest absolute Gasteiger partial charge is 0.416 e. The molecule has 1 aliphatic rings. The molecular formula is C14H18F3NO. The van der Waals surface area contributed by atoms with Gasteiger partial charge in [0.2, 0.25) is 0 Å². The highest BCUT2D eigenvalue weighted by atomic mass is 19.4. The molecule has 2 atom stereocenters. The van der Waals surface area contributed by atoms with E-state index in [-0.39, 0.29) is 18.6 Å². The van der Waals surface area contributed by atoms with Crippen molar-refractivity contribution in [1.82, 2.24) is 4.90 Å². The fourth-order valence-corrected chi connectivity index (χ4v) is 2.85. The summed E-state index contributed by atoms with van der Waals surface area (Å²) in [5.74, 6) is 0.0930. The predicted molar refractivity (Wildman–Crippen MR) is 66.6 cm³/mol. The molecule has 1 N–H and O–H groups in total. The first-order chi connectivity index (χ1) is 8.93. The van der Waals surface area contributed by atoms with Crippen LogP contribution in [0.4, 0.5) is 13.2 Å². The van der Waals surface area contributed by atoms with Gasteiger partial charge in [-0.2, -0.15) is 13.2 Å². The number of alkyl halides is 3. The first kappa shape index (κ1) is 14.3. The molecule has 0 spiro atoms. The van der Waals surface area contributed by atoms with Crippen LogP contribution in [-0.4, -0.2) is 30.2 Å². The van der Waals surface area contributed by atoms with Crippen LogP contribution < -0.4 is 0 Å². The number of halogens is 3. The molecule has 0 saturated carbocycles. The summed E-state index contributed by atoms with van der Waals surface area (Å²) in [4.78, 5) is 2.10. The van der Waals surface area contributed by atoms with Gasteiger partial charge in [0.05, 0.1) is 5.56 Å². The van der Waals surface area contributed by atoms with Gasteiger partial charge in [-0.25, -0.2) is 0 Å². The van der Waals surface area contributed by atoms with Crippen LogP contribution in [0.25, 0.3) is 0 Å². The summed E-state index contributed by atoms with van der Waals surface area (Å²) in [7, 11) is 1.95. The van der Waals surface area contributed by atoms with Gasteiger partial charge in [0.15, 0.2) is 0 Å². The van der Waals surface area contributed by atoms with Crippen molar-refractivity contribution in [3.8, 4) is 0 Å². The number of rotatable bonds is 2. The lowest BCUT2D eigenvalue weighted by atomic mass is 9.85. The standard InChI is InChI=1S/C14H18F3NO/c1-18-8-2-3-11(9-19)13(18)10-4-6-12(7-5-10)14(15,16)17/h4-7,11,13,19H,2-3,8-9H2,1H3/t11-,13+/m0/s1. The van der Waals surface area contributed by atoms with Crippen LogP contribution in [0.15, 0.2) is 24.3 Å². The van der Waals surface area contributed by atoms with Crippen LogP contribution in [-0.2, 0) is 6.18 Å². The zero-order valence-corrected chi connectivity index (χ0v) is 10.8. The molecule has 0 unspecified atom stereocenters. The molecule has 0 aliphatic carbocycles. The second kappa shape index (κ2) is 5.51. The Kier molecular flexibility index (Phi) is 4.16. The van der Waals surface area contributed by atoms with Crippen molar-refractivity contribution in [2.24, 2.45) is 5.92 Å². The molecule has 106 valence electrons. The van der Waals surface area contributed by atoms with Gasteiger partial charge in [0.25, 0.3) is 0 Å². The SMILES string of the molecule is CN1CCC[C@@H](CO)[C@H]1c1ccc(C(F)(F)F)cc1. The Bertz CT molecular complexity index is 416. The lowest BCUT2D eigenvalue weighted by Crippen LogP contribution is -2.37. The third-order valence-electron chi connectivity index (χ3n) is 3.82. The molecule has 19 heavy (non-hydrogen) atoms. The van der Waals surface area contributed by atoms with Crippen LogP contribution in [0.3, 0.4) is 0 Å². The normalized spacial score (nSPS) is 25.5. The first-order valence-corrected chi connectivity index (χ1v) is 6.41. The molecule has 0 aromatic heterocycles. The van der Waals surface area contributed by atoms with Gasteiger partial charge in [0.1, 0.15) is 0 Å². The van der Waals surface area contributed by atoms with E-state index in [1.807, 2.05) is 7.05 Å². The Labute approximate surface area is 110 Å². The molecule has 1 heterocycles. The Morgan fingerprint density at radius 1 is 1.26 bits per heavy atom. The van der Waals surface area contributed by atoms with E-state index in [1.165, 1.54) is 12.1 Å². The zero-order valence-electron chi connectivity index (χ0n) is 10.8. The maximum Gasteiger partial charge on any atom is 0.416 e. The second-order valence-electron chi connectivity index (χ2n) is 5.13. The van der Waals surface area contributed by atoms with Crippen molar-refractivity contribution in [1.29, 1.82) is 0 Å². The number of benzene rings is 1. The zero-order chi connectivity index (χ0) is 14.0. The fraction of sp³-hybridized carbons (Fsp3) is 0.571. The summed E-state index contributed by atoms with van der Waals surface area (Å²) < 4.78 is 37.6. The minimum atomic E-state index is -4.30. The Balaban J connectivity index is 2.24. The average molecular weight is 273 g/mol. The van der Waals surface area contributed by atoms with E-state index >= 15 is 0 Å². The van der Waals surface area contributed by atoms with Gasteiger partial charge in [0, 0.05) is 18.6 Å². The van der Waals surface area contributed by atoms with Crippen molar-refractivity contribution in [3.05, 3.63) is 35.4 Å². The van der Waals surface area contributed by atoms with Gasteiger partial charge in [-0.1, -0.05) is 12.1 Å². The molecule has 1 aromatic rings. The molecule has 2 rings (SSSR count). The van der Waals surface area contributed by atoms with Crippen LogP contribution in [0.2, 0.25) is 0 Å². The van der Waals surface area contributed by atoms with Gasteiger partial charge in [-0.05, 0) is 44.1 Å². The molecule has 0 bridgehead atoms. The number of likely N-dealkylation sites (tertiary alicyclic amines) is 1. The van der Waals surface area contributed by atoms with E-state index in [0.29, 0.717) is 0 Å². The van der Waals surface area contributed by atoms with E-state index in [2.05, 4.69) is 4.90 Å². The molecule has 1 aromatic carbocycles. The molecule has 0 radical (unpaired) electrons. The fourth-order valence-electron chi connectivity index (χ4n) is 2.85. The minimum absolute atomic E-state index is 0.000957. The highest BCUT2D eigenvalue weighted by molar-refractivity contribution is 5.27. The quantitative estimate of drug-likeness (QED) is 0.895. The Morgan fingerprint density at radius 2 is 1.89 bits per heavy atom. The Morgan fingerprint density at radius 3 is 2.42 bits per heavy atom. The van der Waals surface area contributed by atoms with E-state index in [1.54, 1.807) is 0 Å². The number of hydrogen-bond donors (Lipinski definition) is 1. The number of piperidine rings is 1. The molecule has 1 saturated heterocycles. The van der Waals surface area contributed by atoms with Crippen LogP contribution >= 0.6 is 0 Å². The van der Waals surface area contributed by atoms with E-state index < -0.39 is 11.7 Å².